The van der Waals surface area contributed by atoms with E-state index >= 15 is 0 Å². The second kappa shape index (κ2) is 9.20. The predicted molar refractivity (Wildman–Crippen MR) is 107 cm³/mol. The normalized spacial score (nSPS) is 25.8. The maximum atomic E-state index is 12.9. The van der Waals surface area contributed by atoms with Crippen molar-refractivity contribution in [2.75, 3.05) is 53.4 Å². The van der Waals surface area contributed by atoms with E-state index in [4.69, 9.17) is 0 Å². The van der Waals surface area contributed by atoms with Crippen molar-refractivity contribution in [3.05, 3.63) is 0 Å². The Morgan fingerprint density at radius 2 is 1.63 bits per heavy atom. The highest BCUT2D eigenvalue weighted by molar-refractivity contribution is 7.86. The molecule has 2 heterocycles. The molecule has 0 aromatic rings. The molecule has 0 bridgehead atoms. The fourth-order valence-electron chi connectivity index (χ4n) is 4.73. The lowest BCUT2D eigenvalue weighted by atomic mass is 9.88. The van der Waals surface area contributed by atoms with Gasteiger partial charge in [-0.2, -0.15) is 17.0 Å². The van der Waals surface area contributed by atoms with Gasteiger partial charge < -0.3 is 9.80 Å². The van der Waals surface area contributed by atoms with Gasteiger partial charge >= 0.3 is 0 Å². The summed E-state index contributed by atoms with van der Waals surface area (Å²) < 4.78 is 28.8. The lowest BCUT2D eigenvalue weighted by molar-refractivity contribution is -0.135. The van der Waals surface area contributed by atoms with Crippen molar-refractivity contribution in [2.45, 2.75) is 57.4 Å². The first-order chi connectivity index (χ1) is 12.9. The van der Waals surface area contributed by atoms with Gasteiger partial charge in [0.2, 0.25) is 5.91 Å². The summed E-state index contributed by atoms with van der Waals surface area (Å²) in [7, 11) is -0.295. The third-order valence-corrected chi connectivity index (χ3v) is 8.43. The molecular weight excluding hydrogens is 364 g/mol. The van der Waals surface area contributed by atoms with Crippen LogP contribution in [0.5, 0.6) is 0 Å². The van der Waals surface area contributed by atoms with Crippen LogP contribution < -0.4 is 0 Å². The van der Waals surface area contributed by atoms with Gasteiger partial charge in [-0.3, -0.25) is 4.79 Å². The smallest absolute Gasteiger partial charge is 0.281 e. The molecule has 1 atom stereocenters. The Morgan fingerprint density at radius 1 is 0.963 bits per heavy atom. The van der Waals surface area contributed by atoms with Crippen molar-refractivity contribution >= 4 is 16.1 Å². The van der Waals surface area contributed by atoms with Crippen LogP contribution in [0, 0.1) is 5.92 Å². The van der Waals surface area contributed by atoms with Crippen LogP contribution in [-0.2, 0) is 15.0 Å². The summed E-state index contributed by atoms with van der Waals surface area (Å²) in [4.78, 5) is 17.1. The number of hydrogen-bond donors (Lipinski definition) is 0. The zero-order valence-electron chi connectivity index (χ0n) is 17.0. The predicted octanol–water partition coefficient (Wildman–Crippen LogP) is 1.37. The second-order valence-corrected chi connectivity index (χ2v) is 10.6. The van der Waals surface area contributed by atoms with Crippen LogP contribution in [0.2, 0.25) is 0 Å². The van der Waals surface area contributed by atoms with Gasteiger partial charge in [-0.15, -0.1) is 0 Å². The maximum Gasteiger partial charge on any atom is 0.281 e. The van der Waals surface area contributed by atoms with Gasteiger partial charge in [0.1, 0.15) is 0 Å². The highest BCUT2D eigenvalue weighted by atomic mass is 32.2. The van der Waals surface area contributed by atoms with Gasteiger partial charge in [0.25, 0.3) is 10.2 Å². The lowest BCUT2D eigenvalue weighted by Gasteiger charge is -2.32. The summed E-state index contributed by atoms with van der Waals surface area (Å²) in [5.74, 6) is 0.403. The number of carbonyl (C=O) groups excluding carboxylic acids is 1. The van der Waals surface area contributed by atoms with E-state index in [2.05, 4.69) is 4.90 Å². The molecule has 0 radical (unpaired) electrons. The van der Waals surface area contributed by atoms with Gasteiger partial charge in [-0.05, 0) is 45.2 Å². The average Bonchev–Trinajstić information content (AvgIpc) is 3.34. The molecule has 2 aliphatic heterocycles. The lowest BCUT2D eigenvalue weighted by Crippen LogP contribution is -2.50. The van der Waals surface area contributed by atoms with Gasteiger partial charge in [-0.1, -0.05) is 19.3 Å². The van der Waals surface area contributed by atoms with Gasteiger partial charge in [0.05, 0.1) is 0 Å². The molecule has 0 N–H and O–H groups in total. The van der Waals surface area contributed by atoms with Crippen LogP contribution in [-0.4, -0.2) is 92.1 Å². The van der Waals surface area contributed by atoms with Crippen LogP contribution in [0.25, 0.3) is 0 Å². The SMILES string of the molecule is CN(C)S(=O)(=O)N(CCN1CCCC1)C1CCN(C(=O)C2CCCCC2)C1. The fourth-order valence-corrected chi connectivity index (χ4v) is 6.01. The Morgan fingerprint density at radius 3 is 2.26 bits per heavy atom. The Balaban J connectivity index is 1.64. The van der Waals surface area contributed by atoms with Crippen molar-refractivity contribution in [3.63, 3.8) is 0 Å². The van der Waals surface area contributed by atoms with E-state index in [-0.39, 0.29) is 17.9 Å². The third kappa shape index (κ3) is 5.02. The van der Waals surface area contributed by atoms with E-state index in [9.17, 15) is 13.2 Å². The van der Waals surface area contributed by atoms with E-state index in [1.165, 1.54) is 23.6 Å². The molecule has 1 aliphatic carbocycles. The standard InChI is InChI=1S/C19H36N4O3S/c1-20(2)27(25,26)23(15-14-21-11-6-7-12-21)18-10-13-22(16-18)19(24)17-8-4-3-5-9-17/h17-18H,3-16H2,1-2H3. The summed E-state index contributed by atoms with van der Waals surface area (Å²) in [5, 5.41) is 0. The van der Waals surface area contributed by atoms with Crippen molar-refractivity contribution < 1.29 is 13.2 Å². The van der Waals surface area contributed by atoms with E-state index in [1.54, 1.807) is 18.4 Å². The molecule has 27 heavy (non-hydrogen) atoms. The summed E-state index contributed by atoms with van der Waals surface area (Å²) in [5.41, 5.74) is 0. The minimum absolute atomic E-state index is 0.104. The quantitative estimate of drug-likeness (QED) is 0.648. The zero-order valence-corrected chi connectivity index (χ0v) is 17.8. The first kappa shape index (κ1) is 21.0. The molecule has 1 amide bonds. The molecule has 2 saturated heterocycles. The summed E-state index contributed by atoms with van der Waals surface area (Å²) in [6, 6.07) is -0.104. The van der Waals surface area contributed by atoms with E-state index in [0.717, 1.165) is 51.7 Å². The molecule has 3 aliphatic rings. The molecular formula is C19H36N4O3S. The zero-order chi connectivity index (χ0) is 19.4. The highest BCUT2D eigenvalue weighted by Crippen LogP contribution is 2.28. The highest BCUT2D eigenvalue weighted by Gasteiger charge is 2.39. The van der Waals surface area contributed by atoms with Gasteiger partial charge in [0.15, 0.2) is 0 Å². The Hall–Kier alpha value is -0.700. The monoisotopic (exact) mass is 400 g/mol. The number of amides is 1. The minimum atomic E-state index is -3.49. The Bertz CT molecular complexity index is 598. The maximum absolute atomic E-state index is 12.9. The van der Waals surface area contributed by atoms with Crippen molar-refractivity contribution in [3.8, 4) is 0 Å². The average molecular weight is 401 g/mol. The van der Waals surface area contributed by atoms with Crippen molar-refractivity contribution in [2.24, 2.45) is 5.92 Å². The molecule has 8 heteroatoms. The topological polar surface area (TPSA) is 64.2 Å². The summed E-state index contributed by atoms with van der Waals surface area (Å²) in [6.07, 6.45) is 8.66. The van der Waals surface area contributed by atoms with Crippen LogP contribution in [0.3, 0.4) is 0 Å². The second-order valence-electron chi connectivity index (χ2n) is 8.51. The third-order valence-electron chi connectivity index (χ3n) is 6.43. The molecule has 3 rings (SSSR count). The Labute approximate surface area is 164 Å². The van der Waals surface area contributed by atoms with E-state index in [1.807, 2.05) is 4.90 Å². The molecule has 1 unspecified atom stereocenters. The number of hydrogen-bond acceptors (Lipinski definition) is 4. The van der Waals surface area contributed by atoms with Crippen LogP contribution in [0.4, 0.5) is 0 Å². The molecule has 0 spiro atoms. The van der Waals surface area contributed by atoms with Gasteiger partial charge in [0, 0.05) is 52.2 Å². The van der Waals surface area contributed by atoms with Crippen LogP contribution in [0.1, 0.15) is 51.4 Å². The first-order valence-electron chi connectivity index (χ1n) is 10.6. The Kier molecular flexibility index (Phi) is 7.16. The van der Waals surface area contributed by atoms with E-state index in [0.29, 0.717) is 19.6 Å². The first-order valence-corrected chi connectivity index (χ1v) is 12.0. The number of likely N-dealkylation sites (tertiary alicyclic amines) is 2. The van der Waals surface area contributed by atoms with Crippen LogP contribution in [0.15, 0.2) is 0 Å². The number of nitrogens with zero attached hydrogens (tertiary/aromatic N) is 4. The number of rotatable bonds is 7. The minimum Gasteiger partial charge on any atom is -0.341 e. The molecule has 7 nitrogen and oxygen atoms in total. The molecule has 3 fully saturated rings. The fraction of sp³-hybridized carbons (Fsp3) is 0.947. The summed E-state index contributed by atoms with van der Waals surface area (Å²) >= 11 is 0. The summed E-state index contributed by atoms with van der Waals surface area (Å²) in [6.45, 7) is 4.64. The molecule has 0 aromatic heterocycles. The van der Waals surface area contributed by atoms with Crippen LogP contribution >= 0.6 is 0 Å². The largest absolute Gasteiger partial charge is 0.341 e. The molecule has 1 saturated carbocycles. The van der Waals surface area contributed by atoms with Crippen molar-refractivity contribution in [1.82, 2.24) is 18.4 Å². The molecule has 0 aromatic carbocycles. The van der Waals surface area contributed by atoms with Gasteiger partial charge in [-0.25, -0.2) is 0 Å². The van der Waals surface area contributed by atoms with E-state index < -0.39 is 10.2 Å². The van der Waals surface area contributed by atoms with Crippen molar-refractivity contribution in [1.29, 1.82) is 0 Å². The number of carbonyl (C=O) groups is 1. The molecule has 156 valence electrons.